The first kappa shape index (κ1) is 23.3. The Balaban J connectivity index is 0.00000272. The standard InChI is InChI=1S/C21H22F3N3O3.ClH/c1-13-9-18-16(19(10-13)30-20(28)27-5-7-29-8-6-27)12-17(25-26-18)14-3-2-4-15(11-14)21(22,23)24;/h2-4,11-13,19H,5-10H2,1H3;1H. The van der Waals surface area contributed by atoms with Crippen molar-refractivity contribution in [2.75, 3.05) is 26.3 Å². The van der Waals surface area contributed by atoms with E-state index in [1.54, 1.807) is 17.0 Å². The van der Waals surface area contributed by atoms with Gasteiger partial charge in [-0.3, -0.25) is 0 Å². The van der Waals surface area contributed by atoms with Gasteiger partial charge in [0.15, 0.2) is 0 Å². The highest BCUT2D eigenvalue weighted by atomic mass is 35.5. The zero-order valence-corrected chi connectivity index (χ0v) is 17.7. The first-order valence-corrected chi connectivity index (χ1v) is 9.88. The fraction of sp³-hybridized carbons (Fsp3) is 0.476. The van der Waals surface area contributed by atoms with Gasteiger partial charge in [0, 0.05) is 24.2 Å². The molecule has 0 radical (unpaired) electrons. The van der Waals surface area contributed by atoms with Gasteiger partial charge in [0.1, 0.15) is 6.10 Å². The molecule has 1 aromatic carbocycles. The van der Waals surface area contributed by atoms with Gasteiger partial charge in [0.05, 0.1) is 30.2 Å². The smallest absolute Gasteiger partial charge is 0.416 e. The molecule has 2 unspecified atom stereocenters. The molecule has 168 valence electrons. The third-order valence-corrected chi connectivity index (χ3v) is 5.41. The van der Waals surface area contributed by atoms with Crippen LogP contribution < -0.4 is 0 Å². The molecule has 31 heavy (non-hydrogen) atoms. The fourth-order valence-corrected chi connectivity index (χ4v) is 3.82. The van der Waals surface area contributed by atoms with Crippen molar-refractivity contribution in [2.24, 2.45) is 5.92 Å². The third-order valence-electron chi connectivity index (χ3n) is 5.41. The number of alkyl halides is 3. The van der Waals surface area contributed by atoms with E-state index in [4.69, 9.17) is 9.47 Å². The van der Waals surface area contributed by atoms with Crippen molar-refractivity contribution >= 4 is 18.5 Å². The van der Waals surface area contributed by atoms with Gasteiger partial charge in [-0.25, -0.2) is 4.79 Å². The molecule has 1 aromatic heterocycles. The number of aromatic nitrogens is 2. The number of rotatable bonds is 2. The molecule has 0 spiro atoms. The van der Waals surface area contributed by atoms with E-state index in [0.29, 0.717) is 61.7 Å². The molecule has 0 bridgehead atoms. The maximum absolute atomic E-state index is 13.1. The average Bonchev–Trinajstić information content (AvgIpc) is 2.73. The van der Waals surface area contributed by atoms with Gasteiger partial charge >= 0.3 is 12.3 Å². The van der Waals surface area contributed by atoms with Crippen molar-refractivity contribution in [2.45, 2.75) is 32.0 Å². The summed E-state index contributed by atoms with van der Waals surface area (Å²) in [6.45, 7) is 3.92. The normalized spacial score (nSPS) is 21.1. The van der Waals surface area contributed by atoms with Gasteiger partial charge < -0.3 is 14.4 Å². The van der Waals surface area contributed by atoms with E-state index in [0.717, 1.165) is 12.1 Å². The molecule has 1 saturated heterocycles. The number of carbonyl (C=O) groups is 1. The topological polar surface area (TPSA) is 64.6 Å². The summed E-state index contributed by atoms with van der Waals surface area (Å²) in [4.78, 5) is 14.2. The number of fused-ring (bicyclic) bond motifs is 1. The molecule has 2 aliphatic rings. The van der Waals surface area contributed by atoms with Gasteiger partial charge in [-0.2, -0.15) is 23.4 Å². The van der Waals surface area contributed by atoms with E-state index in [-0.39, 0.29) is 18.3 Å². The van der Waals surface area contributed by atoms with E-state index in [2.05, 4.69) is 10.2 Å². The van der Waals surface area contributed by atoms with Crippen molar-refractivity contribution < 1.29 is 27.4 Å². The van der Waals surface area contributed by atoms with Gasteiger partial charge in [0.25, 0.3) is 0 Å². The quantitative estimate of drug-likeness (QED) is 0.655. The minimum absolute atomic E-state index is 0. The first-order chi connectivity index (χ1) is 14.3. The summed E-state index contributed by atoms with van der Waals surface area (Å²) in [5.74, 6) is 0.244. The number of halogens is 4. The highest BCUT2D eigenvalue weighted by molar-refractivity contribution is 5.85. The summed E-state index contributed by atoms with van der Waals surface area (Å²) in [5, 5.41) is 8.39. The van der Waals surface area contributed by atoms with Crippen LogP contribution in [-0.4, -0.2) is 47.5 Å². The summed E-state index contributed by atoms with van der Waals surface area (Å²) in [7, 11) is 0. The van der Waals surface area contributed by atoms with Crippen LogP contribution in [0.3, 0.4) is 0 Å². The molecule has 0 saturated carbocycles. The molecular formula is C21H23ClF3N3O3. The third kappa shape index (κ3) is 5.27. The molecule has 10 heteroatoms. The van der Waals surface area contributed by atoms with E-state index in [9.17, 15) is 18.0 Å². The number of hydrogen-bond donors (Lipinski definition) is 0. The molecule has 1 fully saturated rings. The molecular weight excluding hydrogens is 435 g/mol. The number of benzene rings is 1. The summed E-state index contributed by atoms with van der Waals surface area (Å²) in [5.41, 5.74) is 1.31. The Labute approximate surface area is 184 Å². The zero-order chi connectivity index (χ0) is 21.3. The Hall–Kier alpha value is -2.39. The van der Waals surface area contributed by atoms with Crippen LogP contribution in [0.5, 0.6) is 0 Å². The minimum atomic E-state index is -4.44. The van der Waals surface area contributed by atoms with Crippen LogP contribution in [0.1, 0.15) is 36.3 Å². The highest BCUT2D eigenvalue weighted by Crippen LogP contribution is 2.37. The second-order valence-electron chi connectivity index (χ2n) is 7.73. The Bertz CT molecular complexity index is 936. The summed E-state index contributed by atoms with van der Waals surface area (Å²) in [6.07, 6.45) is -4.07. The molecule has 2 heterocycles. The Morgan fingerprint density at radius 2 is 1.94 bits per heavy atom. The second kappa shape index (κ2) is 9.40. The lowest BCUT2D eigenvalue weighted by atomic mass is 9.85. The van der Waals surface area contributed by atoms with Crippen molar-refractivity contribution in [3.63, 3.8) is 0 Å². The largest absolute Gasteiger partial charge is 0.441 e. The highest BCUT2D eigenvalue weighted by Gasteiger charge is 2.33. The predicted octanol–water partition coefficient (Wildman–Crippen LogP) is 4.68. The van der Waals surface area contributed by atoms with Gasteiger partial charge in [-0.15, -0.1) is 12.4 Å². The van der Waals surface area contributed by atoms with Crippen LogP contribution in [-0.2, 0) is 22.1 Å². The Morgan fingerprint density at radius 1 is 1.19 bits per heavy atom. The lowest BCUT2D eigenvalue weighted by Gasteiger charge is -2.32. The Kier molecular flexibility index (Phi) is 7.06. The summed E-state index contributed by atoms with van der Waals surface area (Å²) >= 11 is 0. The summed E-state index contributed by atoms with van der Waals surface area (Å²) in [6, 6.07) is 6.67. The molecule has 6 nitrogen and oxygen atoms in total. The Morgan fingerprint density at radius 3 is 2.65 bits per heavy atom. The average molecular weight is 458 g/mol. The SMILES string of the molecule is CC1Cc2nnc(-c3cccc(C(F)(F)F)c3)cc2C(OC(=O)N2CCOCC2)C1.Cl. The van der Waals surface area contributed by atoms with Crippen molar-refractivity contribution in [1.82, 2.24) is 15.1 Å². The van der Waals surface area contributed by atoms with Crippen molar-refractivity contribution in [3.05, 3.63) is 47.2 Å². The van der Waals surface area contributed by atoms with Gasteiger partial charge in [0.2, 0.25) is 0 Å². The molecule has 1 amide bonds. The fourth-order valence-electron chi connectivity index (χ4n) is 3.82. The molecule has 2 atom stereocenters. The number of hydrogen-bond acceptors (Lipinski definition) is 5. The lowest BCUT2D eigenvalue weighted by molar-refractivity contribution is -0.137. The van der Waals surface area contributed by atoms with Gasteiger partial charge in [-0.1, -0.05) is 19.1 Å². The van der Waals surface area contributed by atoms with Crippen molar-refractivity contribution in [3.8, 4) is 11.3 Å². The molecule has 1 aliphatic carbocycles. The maximum Gasteiger partial charge on any atom is 0.416 e. The second-order valence-corrected chi connectivity index (χ2v) is 7.73. The van der Waals surface area contributed by atoms with Crippen LogP contribution in [0.15, 0.2) is 30.3 Å². The van der Waals surface area contributed by atoms with E-state index in [1.165, 1.54) is 6.07 Å². The maximum atomic E-state index is 13.1. The first-order valence-electron chi connectivity index (χ1n) is 9.88. The van der Waals surface area contributed by atoms with Crippen molar-refractivity contribution in [1.29, 1.82) is 0 Å². The van der Waals surface area contributed by atoms with Crippen LogP contribution in [0.2, 0.25) is 0 Å². The van der Waals surface area contributed by atoms with Crippen LogP contribution >= 0.6 is 12.4 Å². The van der Waals surface area contributed by atoms with Crippen LogP contribution in [0.4, 0.5) is 18.0 Å². The van der Waals surface area contributed by atoms with Crippen LogP contribution in [0, 0.1) is 5.92 Å². The van der Waals surface area contributed by atoms with E-state index >= 15 is 0 Å². The number of morpholine rings is 1. The summed E-state index contributed by atoms with van der Waals surface area (Å²) < 4.78 is 50.3. The molecule has 4 rings (SSSR count). The monoisotopic (exact) mass is 457 g/mol. The number of nitrogens with zero attached hydrogens (tertiary/aromatic N) is 3. The number of ether oxygens (including phenoxy) is 2. The molecule has 1 aliphatic heterocycles. The van der Waals surface area contributed by atoms with E-state index < -0.39 is 23.9 Å². The predicted molar refractivity (Wildman–Crippen MR) is 109 cm³/mol. The van der Waals surface area contributed by atoms with Crippen LogP contribution in [0.25, 0.3) is 11.3 Å². The zero-order valence-electron chi connectivity index (χ0n) is 16.9. The lowest BCUT2D eigenvalue weighted by Crippen LogP contribution is -2.41. The number of amides is 1. The molecule has 2 aromatic rings. The molecule has 0 N–H and O–H groups in total. The van der Waals surface area contributed by atoms with E-state index in [1.807, 2.05) is 6.92 Å². The van der Waals surface area contributed by atoms with Gasteiger partial charge in [-0.05, 0) is 37.0 Å². The minimum Gasteiger partial charge on any atom is -0.441 e. The number of carbonyl (C=O) groups excluding carboxylic acids is 1.